The van der Waals surface area contributed by atoms with E-state index >= 15 is 0 Å². The number of amides is 1. The molecule has 1 aliphatic carbocycles. The van der Waals surface area contributed by atoms with E-state index in [1.807, 2.05) is 48.5 Å². The molecule has 2 aliphatic rings. The molecule has 2 fully saturated rings. The molecule has 0 unspecified atom stereocenters. The van der Waals surface area contributed by atoms with E-state index in [1.165, 1.54) is 11.3 Å². The number of rotatable bonds is 7. The van der Waals surface area contributed by atoms with Gasteiger partial charge in [0.05, 0.1) is 5.69 Å². The molecular formula is C32H34N2O5S. The number of hydrogen-bond acceptors (Lipinski definition) is 6. The Morgan fingerprint density at radius 1 is 1.00 bits per heavy atom. The van der Waals surface area contributed by atoms with Crippen molar-refractivity contribution in [1.29, 1.82) is 0 Å². The van der Waals surface area contributed by atoms with E-state index in [-0.39, 0.29) is 16.7 Å². The lowest BCUT2D eigenvalue weighted by molar-refractivity contribution is -0.123. The summed E-state index contributed by atoms with van der Waals surface area (Å²) in [4.78, 5) is 33.6. The zero-order chi connectivity index (χ0) is 27.6. The smallest absolute Gasteiger partial charge is 0.348 e. The van der Waals surface area contributed by atoms with E-state index in [2.05, 4.69) is 11.9 Å². The summed E-state index contributed by atoms with van der Waals surface area (Å²) in [6.07, 6.45) is 7.30. The molecule has 0 atom stereocenters. The second-order valence-electron chi connectivity index (χ2n) is 11.2. The monoisotopic (exact) mass is 558 g/mol. The van der Waals surface area contributed by atoms with Gasteiger partial charge in [0.1, 0.15) is 16.2 Å². The second kappa shape index (κ2) is 11.6. The summed E-state index contributed by atoms with van der Waals surface area (Å²) in [6.45, 7) is 4.14. The fourth-order valence-corrected chi connectivity index (χ4v) is 6.92. The van der Waals surface area contributed by atoms with Gasteiger partial charge < -0.3 is 19.2 Å². The van der Waals surface area contributed by atoms with Gasteiger partial charge in [0.15, 0.2) is 5.58 Å². The number of aromatic nitrogens is 1. The quantitative estimate of drug-likeness (QED) is 0.252. The lowest BCUT2D eigenvalue weighted by atomic mass is 9.82. The Morgan fingerprint density at radius 2 is 1.73 bits per heavy atom. The van der Waals surface area contributed by atoms with Crippen LogP contribution in [0.3, 0.4) is 0 Å². The van der Waals surface area contributed by atoms with Gasteiger partial charge in [0, 0.05) is 48.4 Å². The van der Waals surface area contributed by atoms with Crippen molar-refractivity contribution < 1.29 is 23.8 Å². The first-order valence-corrected chi connectivity index (χ1v) is 15.0. The van der Waals surface area contributed by atoms with Crippen LogP contribution in [0.4, 0.5) is 5.69 Å². The van der Waals surface area contributed by atoms with Crippen LogP contribution in [0.5, 0.6) is 0 Å². The largest absolute Gasteiger partial charge is 0.477 e. The van der Waals surface area contributed by atoms with Crippen molar-refractivity contribution in [3.63, 3.8) is 0 Å². The molecule has 6 rings (SSSR count). The number of fused-ring (bicyclic) bond motifs is 1. The van der Waals surface area contributed by atoms with Crippen molar-refractivity contribution >= 4 is 40.0 Å². The topological polar surface area (TPSA) is 92.9 Å². The number of carboxylic acids is 1. The van der Waals surface area contributed by atoms with Crippen LogP contribution in [-0.4, -0.2) is 41.7 Å². The highest BCUT2D eigenvalue weighted by Gasteiger charge is 2.33. The van der Waals surface area contributed by atoms with Crippen LogP contribution in [0.2, 0.25) is 0 Å². The Balaban J connectivity index is 1.31. The fourth-order valence-electron chi connectivity index (χ4n) is 5.91. The summed E-state index contributed by atoms with van der Waals surface area (Å²) < 4.78 is 11.5. The van der Waals surface area contributed by atoms with Gasteiger partial charge in [-0.25, -0.2) is 4.79 Å². The zero-order valence-corrected chi connectivity index (χ0v) is 23.5. The first kappa shape index (κ1) is 26.7. The Labute approximate surface area is 237 Å². The van der Waals surface area contributed by atoms with Crippen molar-refractivity contribution in [3.8, 4) is 21.8 Å². The number of aromatic carboxylic acids is 1. The van der Waals surface area contributed by atoms with Crippen molar-refractivity contribution in [2.75, 3.05) is 24.7 Å². The number of nitrogens with zero attached hydrogens (tertiary/aromatic N) is 2. The van der Waals surface area contributed by atoms with Gasteiger partial charge in [0.2, 0.25) is 5.91 Å². The minimum Gasteiger partial charge on any atom is -0.477 e. The number of thiophene rings is 1. The third-order valence-electron chi connectivity index (χ3n) is 8.35. The van der Waals surface area contributed by atoms with Crippen molar-refractivity contribution in [2.45, 2.75) is 45.4 Å². The van der Waals surface area contributed by atoms with Crippen molar-refractivity contribution in [3.05, 3.63) is 59.6 Å². The predicted molar refractivity (Wildman–Crippen MR) is 157 cm³/mol. The third-order valence-corrected chi connectivity index (χ3v) is 9.51. The summed E-state index contributed by atoms with van der Waals surface area (Å²) in [6, 6.07) is 15.5. The normalized spacial score (nSPS) is 20.0. The number of carboxylic acid groups (broad SMARTS) is 1. The maximum Gasteiger partial charge on any atom is 0.348 e. The van der Waals surface area contributed by atoms with Gasteiger partial charge in [-0.2, -0.15) is 0 Å². The standard InChI is InChI=1S/C32H34N2O5S/c1-20-4-6-24(7-5-20)31(35)34(19-21-12-15-38-16-13-21)26-18-29(40-30(26)32(36)37)23-10-8-22(9-11-23)28-17-25-27(39-28)3-2-14-33-25/h2-3,8-11,14,17-18,20-21,24H,4-7,12-13,15-16,19H2,1H3,(H,36,37). The molecule has 208 valence electrons. The van der Waals surface area contributed by atoms with Crippen LogP contribution >= 0.6 is 11.3 Å². The first-order chi connectivity index (χ1) is 19.5. The van der Waals surface area contributed by atoms with E-state index in [1.54, 1.807) is 11.1 Å². The molecule has 40 heavy (non-hydrogen) atoms. The van der Waals surface area contributed by atoms with E-state index in [9.17, 15) is 14.7 Å². The van der Waals surface area contributed by atoms with E-state index in [0.717, 1.165) is 71.4 Å². The van der Waals surface area contributed by atoms with Gasteiger partial charge >= 0.3 is 5.97 Å². The molecule has 0 bridgehead atoms. The highest BCUT2D eigenvalue weighted by Crippen LogP contribution is 2.40. The molecule has 1 aliphatic heterocycles. The maximum atomic E-state index is 14.0. The number of anilines is 1. The van der Waals surface area contributed by atoms with Gasteiger partial charge in [-0.05, 0) is 74.1 Å². The molecule has 4 heterocycles. The zero-order valence-electron chi connectivity index (χ0n) is 22.7. The maximum absolute atomic E-state index is 14.0. The lowest BCUT2D eigenvalue weighted by Gasteiger charge is -2.34. The molecular weight excluding hydrogens is 524 g/mol. The van der Waals surface area contributed by atoms with Crippen LogP contribution < -0.4 is 4.90 Å². The summed E-state index contributed by atoms with van der Waals surface area (Å²) in [5, 5.41) is 10.2. The Hall–Kier alpha value is -3.49. The summed E-state index contributed by atoms with van der Waals surface area (Å²) in [7, 11) is 0. The average molecular weight is 559 g/mol. The number of carbonyl (C=O) groups is 2. The minimum absolute atomic E-state index is 0.0568. The Kier molecular flexibility index (Phi) is 7.71. The molecule has 1 saturated heterocycles. The van der Waals surface area contributed by atoms with Gasteiger partial charge in [-0.15, -0.1) is 11.3 Å². The molecule has 1 amide bonds. The van der Waals surface area contributed by atoms with Crippen LogP contribution in [0.15, 0.2) is 59.1 Å². The van der Waals surface area contributed by atoms with Crippen LogP contribution in [0.1, 0.15) is 55.1 Å². The van der Waals surface area contributed by atoms with Gasteiger partial charge in [0.25, 0.3) is 0 Å². The summed E-state index contributed by atoms with van der Waals surface area (Å²) in [5.74, 6) is 0.669. The number of hydrogen-bond donors (Lipinski definition) is 1. The predicted octanol–water partition coefficient (Wildman–Crippen LogP) is 7.51. The number of carbonyl (C=O) groups excluding carboxylic acids is 1. The van der Waals surface area contributed by atoms with Crippen LogP contribution in [0.25, 0.3) is 32.9 Å². The van der Waals surface area contributed by atoms with Crippen molar-refractivity contribution in [1.82, 2.24) is 4.98 Å². The average Bonchev–Trinajstić information content (AvgIpc) is 3.62. The molecule has 3 aromatic heterocycles. The van der Waals surface area contributed by atoms with Crippen molar-refractivity contribution in [2.24, 2.45) is 17.8 Å². The second-order valence-corrected chi connectivity index (χ2v) is 12.2. The van der Waals surface area contributed by atoms with Gasteiger partial charge in [-0.1, -0.05) is 31.2 Å². The minimum atomic E-state index is -1.00. The number of ether oxygens (including phenoxy) is 1. The molecule has 0 spiro atoms. The van der Waals surface area contributed by atoms with Crippen LogP contribution in [0, 0.1) is 17.8 Å². The fraction of sp³-hybridized carbons (Fsp3) is 0.406. The first-order valence-electron chi connectivity index (χ1n) is 14.2. The Morgan fingerprint density at radius 3 is 2.42 bits per heavy atom. The molecule has 8 heteroatoms. The molecule has 1 N–H and O–H groups in total. The highest BCUT2D eigenvalue weighted by atomic mass is 32.1. The summed E-state index contributed by atoms with van der Waals surface area (Å²) >= 11 is 1.23. The summed E-state index contributed by atoms with van der Waals surface area (Å²) in [5.41, 5.74) is 3.88. The molecule has 1 saturated carbocycles. The SMILES string of the molecule is CC1CCC(C(=O)N(CC2CCOCC2)c2cc(-c3ccc(-c4cc5ncccc5o4)cc3)sc2C(=O)O)CC1. The third kappa shape index (κ3) is 5.56. The number of furan rings is 1. The molecule has 1 aromatic carbocycles. The lowest BCUT2D eigenvalue weighted by Crippen LogP contribution is -2.42. The number of benzene rings is 1. The van der Waals surface area contributed by atoms with E-state index in [0.29, 0.717) is 37.3 Å². The Bertz CT molecular complexity index is 1460. The highest BCUT2D eigenvalue weighted by molar-refractivity contribution is 7.18. The van der Waals surface area contributed by atoms with Crippen LogP contribution in [-0.2, 0) is 9.53 Å². The molecule has 0 radical (unpaired) electrons. The van der Waals surface area contributed by atoms with E-state index < -0.39 is 5.97 Å². The molecule has 7 nitrogen and oxygen atoms in total. The number of pyridine rings is 1. The molecule has 4 aromatic rings. The van der Waals surface area contributed by atoms with Gasteiger partial charge in [-0.3, -0.25) is 9.78 Å². The van der Waals surface area contributed by atoms with E-state index in [4.69, 9.17) is 9.15 Å².